The van der Waals surface area contributed by atoms with Gasteiger partial charge in [-0.3, -0.25) is 0 Å². The lowest BCUT2D eigenvalue weighted by Crippen LogP contribution is -2.50. The number of sulfonamides is 1. The Kier molecular flexibility index (Phi) is 4.68. The summed E-state index contributed by atoms with van der Waals surface area (Å²) in [6.07, 6.45) is 1.62. The first-order valence-electron chi connectivity index (χ1n) is 9.18. The lowest BCUT2D eigenvalue weighted by Gasteiger charge is -2.35. The van der Waals surface area contributed by atoms with Gasteiger partial charge in [-0.15, -0.1) is 0 Å². The number of hydrogen-bond acceptors (Lipinski definition) is 7. The zero-order valence-electron chi connectivity index (χ0n) is 15.8. The average molecular weight is 401 g/mol. The van der Waals surface area contributed by atoms with Gasteiger partial charge in [-0.1, -0.05) is 12.1 Å². The van der Waals surface area contributed by atoms with Crippen molar-refractivity contribution in [2.24, 2.45) is 0 Å². The summed E-state index contributed by atoms with van der Waals surface area (Å²) in [7, 11) is -3.24. The molecule has 1 aromatic carbocycles. The van der Waals surface area contributed by atoms with Crippen molar-refractivity contribution in [2.45, 2.75) is 19.1 Å². The Bertz CT molecular complexity index is 1070. The van der Waals surface area contributed by atoms with Crippen LogP contribution in [0, 0.1) is 0 Å². The fourth-order valence-corrected chi connectivity index (χ4v) is 4.52. The van der Waals surface area contributed by atoms with Crippen LogP contribution in [-0.4, -0.2) is 64.1 Å². The van der Waals surface area contributed by atoms with Gasteiger partial charge in [-0.05, 0) is 26.0 Å². The van der Waals surface area contributed by atoms with Gasteiger partial charge in [-0.2, -0.15) is 4.31 Å². The number of H-pyrrole nitrogens is 1. The molecule has 1 fully saturated rings. The molecule has 1 aliphatic rings. The van der Waals surface area contributed by atoms with E-state index in [2.05, 4.69) is 19.9 Å². The fraction of sp³-hybridized carbons (Fsp3) is 0.389. The highest BCUT2D eigenvalue weighted by Gasteiger charge is 2.30. The number of nitrogen functional groups attached to an aromatic ring is 1. The Morgan fingerprint density at radius 2 is 1.82 bits per heavy atom. The molecule has 10 heteroatoms. The first kappa shape index (κ1) is 18.6. The van der Waals surface area contributed by atoms with Gasteiger partial charge in [0, 0.05) is 26.2 Å². The normalized spacial score (nSPS) is 16.2. The number of aromatic amines is 1. The molecule has 28 heavy (non-hydrogen) atoms. The molecule has 4 rings (SSSR count). The van der Waals surface area contributed by atoms with Crippen molar-refractivity contribution in [1.82, 2.24) is 24.2 Å². The molecular formula is C18H23N7O2S. The first-order valence-corrected chi connectivity index (χ1v) is 10.7. The van der Waals surface area contributed by atoms with Crippen molar-refractivity contribution in [3.05, 3.63) is 30.5 Å². The monoisotopic (exact) mass is 401 g/mol. The Morgan fingerprint density at radius 3 is 2.50 bits per heavy atom. The van der Waals surface area contributed by atoms with Crippen LogP contribution in [0.5, 0.6) is 0 Å². The molecule has 0 amide bonds. The fourth-order valence-electron chi connectivity index (χ4n) is 3.25. The van der Waals surface area contributed by atoms with Crippen molar-refractivity contribution in [1.29, 1.82) is 0 Å². The molecule has 2 aromatic heterocycles. The van der Waals surface area contributed by atoms with Crippen molar-refractivity contribution in [3.8, 4) is 11.5 Å². The van der Waals surface area contributed by atoms with Gasteiger partial charge in [-0.25, -0.2) is 23.4 Å². The molecule has 0 aliphatic carbocycles. The van der Waals surface area contributed by atoms with Gasteiger partial charge in [0.05, 0.1) is 22.5 Å². The summed E-state index contributed by atoms with van der Waals surface area (Å²) in [5.74, 6) is 1.52. The first-order chi connectivity index (χ1) is 13.4. The van der Waals surface area contributed by atoms with Crippen molar-refractivity contribution in [3.63, 3.8) is 0 Å². The van der Waals surface area contributed by atoms with Gasteiger partial charge in [0.25, 0.3) is 0 Å². The Morgan fingerprint density at radius 1 is 1.11 bits per heavy atom. The molecule has 1 aliphatic heterocycles. The summed E-state index contributed by atoms with van der Waals surface area (Å²) in [5, 5.41) is -0.421. The van der Waals surface area contributed by atoms with Gasteiger partial charge in [0.1, 0.15) is 5.82 Å². The Hall–Kier alpha value is -2.72. The van der Waals surface area contributed by atoms with E-state index in [0.29, 0.717) is 49.3 Å². The van der Waals surface area contributed by atoms with Gasteiger partial charge in [0.2, 0.25) is 10.0 Å². The molecule has 9 nitrogen and oxygen atoms in total. The molecule has 0 spiro atoms. The number of piperazine rings is 1. The number of aromatic nitrogens is 4. The van der Waals surface area contributed by atoms with E-state index in [-0.39, 0.29) is 0 Å². The minimum absolute atomic E-state index is 0.295. The maximum atomic E-state index is 12.3. The second kappa shape index (κ2) is 7.02. The maximum Gasteiger partial charge on any atom is 0.216 e. The molecule has 0 bridgehead atoms. The van der Waals surface area contributed by atoms with Crippen LogP contribution in [0.15, 0.2) is 30.5 Å². The summed E-state index contributed by atoms with van der Waals surface area (Å²) in [4.78, 5) is 18.7. The van der Waals surface area contributed by atoms with E-state index >= 15 is 0 Å². The van der Waals surface area contributed by atoms with E-state index < -0.39 is 15.3 Å². The summed E-state index contributed by atoms with van der Waals surface area (Å²) in [6, 6.07) is 7.70. The van der Waals surface area contributed by atoms with Crippen LogP contribution in [0.4, 0.5) is 11.6 Å². The minimum atomic E-state index is -3.24. The van der Waals surface area contributed by atoms with E-state index in [1.165, 1.54) is 0 Å². The average Bonchev–Trinajstić information content (AvgIpc) is 3.12. The molecule has 3 aromatic rings. The summed E-state index contributed by atoms with van der Waals surface area (Å²) >= 11 is 0. The predicted octanol–water partition coefficient (Wildman–Crippen LogP) is 1.46. The number of para-hydroxylation sites is 2. The van der Waals surface area contributed by atoms with Gasteiger partial charge < -0.3 is 15.6 Å². The molecule has 3 heterocycles. The molecule has 0 saturated carbocycles. The molecule has 0 radical (unpaired) electrons. The topological polar surface area (TPSA) is 121 Å². The van der Waals surface area contributed by atoms with Crippen molar-refractivity contribution in [2.75, 3.05) is 36.8 Å². The van der Waals surface area contributed by atoms with E-state index in [9.17, 15) is 8.42 Å². The standard InChI is InChI=1S/C18H23N7O2S/c1-12(2)28(26,27)25-9-7-24(8-10-25)15-11-20-17(19)16(23-15)18-21-13-5-3-4-6-14(13)22-18/h3-6,11-12H,7-10H2,1-2H3,(H2,19,20)(H,21,22). The third kappa shape index (κ3) is 3.29. The third-order valence-corrected chi connectivity index (χ3v) is 7.20. The minimum Gasteiger partial charge on any atom is -0.382 e. The molecule has 0 unspecified atom stereocenters. The van der Waals surface area contributed by atoms with E-state index in [1.807, 2.05) is 29.2 Å². The van der Waals surface area contributed by atoms with Crippen LogP contribution in [-0.2, 0) is 10.0 Å². The van der Waals surface area contributed by atoms with Crippen LogP contribution in [0.25, 0.3) is 22.6 Å². The second-order valence-electron chi connectivity index (χ2n) is 7.04. The zero-order chi connectivity index (χ0) is 19.9. The van der Waals surface area contributed by atoms with Crippen LogP contribution in [0.1, 0.15) is 13.8 Å². The smallest absolute Gasteiger partial charge is 0.216 e. The quantitative estimate of drug-likeness (QED) is 0.679. The maximum absolute atomic E-state index is 12.3. The van der Waals surface area contributed by atoms with Crippen LogP contribution in [0.3, 0.4) is 0 Å². The second-order valence-corrected chi connectivity index (χ2v) is 9.53. The lowest BCUT2D eigenvalue weighted by atomic mass is 10.3. The van der Waals surface area contributed by atoms with Crippen LogP contribution in [0.2, 0.25) is 0 Å². The number of hydrogen-bond donors (Lipinski definition) is 2. The summed E-state index contributed by atoms with van der Waals surface area (Å²) in [5.41, 5.74) is 8.27. The third-order valence-electron chi connectivity index (χ3n) is 4.92. The Labute approximate surface area is 163 Å². The number of nitrogens with two attached hydrogens (primary N) is 1. The number of nitrogens with one attached hydrogen (secondary N) is 1. The molecular weight excluding hydrogens is 378 g/mol. The predicted molar refractivity (Wildman–Crippen MR) is 109 cm³/mol. The van der Waals surface area contributed by atoms with Gasteiger partial charge >= 0.3 is 0 Å². The van der Waals surface area contributed by atoms with Crippen molar-refractivity contribution < 1.29 is 8.42 Å². The van der Waals surface area contributed by atoms with Gasteiger partial charge in [0.15, 0.2) is 17.3 Å². The number of anilines is 2. The SMILES string of the molecule is CC(C)S(=O)(=O)N1CCN(c2cnc(N)c(-c3nc4ccccc4[nH]3)n2)CC1. The highest BCUT2D eigenvalue weighted by atomic mass is 32.2. The highest BCUT2D eigenvalue weighted by Crippen LogP contribution is 2.25. The van der Waals surface area contributed by atoms with E-state index in [4.69, 9.17) is 5.73 Å². The van der Waals surface area contributed by atoms with E-state index in [1.54, 1.807) is 24.3 Å². The summed E-state index contributed by atoms with van der Waals surface area (Å²) in [6.45, 7) is 5.34. The number of rotatable bonds is 4. The summed E-state index contributed by atoms with van der Waals surface area (Å²) < 4.78 is 26.2. The van der Waals surface area contributed by atoms with Crippen LogP contribution < -0.4 is 10.6 Å². The van der Waals surface area contributed by atoms with E-state index in [0.717, 1.165) is 11.0 Å². The highest BCUT2D eigenvalue weighted by molar-refractivity contribution is 7.89. The molecule has 3 N–H and O–H groups in total. The molecule has 0 atom stereocenters. The number of imidazole rings is 1. The Balaban J connectivity index is 1.58. The number of nitrogens with zero attached hydrogens (tertiary/aromatic N) is 5. The number of benzene rings is 1. The molecule has 1 saturated heterocycles. The van der Waals surface area contributed by atoms with Crippen molar-refractivity contribution >= 4 is 32.7 Å². The molecule has 148 valence electrons. The zero-order valence-corrected chi connectivity index (χ0v) is 16.6. The lowest BCUT2D eigenvalue weighted by molar-refractivity contribution is 0.380. The number of fused-ring (bicyclic) bond motifs is 1. The van der Waals surface area contributed by atoms with Crippen LogP contribution >= 0.6 is 0 Å². The largest absolute Gasteiger partial charge is 0.382 e.